The summed E-state index contributed by atoms with van der Waals surface area (Å²) < 4.78 is 39.1. The van der Waals surface area contributed by atoms with Crippen LogP contribution >= 0.6 is 0 Å². The number of pyridine rings is 1. The van der Waals surface area contributed by atoms with Crippen molar-refractivity contribution in [2.75, 3.05) is 6.54 Å². The largest absolute Gasteiger partial charge is 0.433 e. The van der Waals surface area contributed by atoms with E-state index < -0.39 is 23.6 Å². The lowest BCUT2D eigenvalue weighted by molar-refractivity contribution is -0.141. The summed E-state index contributed by atoms with van der Waals surface area (Å²) in [5.41, 5.74) is 4.17. The molecule has 1 aliphatic carbocycles. The minimum Gasteiger partial charge on any atom is -0.369 e. The third-order valence-electron chi connectivity index (χ3n) is 4.46. The van der Waals surface area contributed by atoms with Gasteiger partial charge >= 0.3 is 6.18 Å². The number of carbonyl (C=O) groups is 1. The molecular formula is C17H22F3N7O. The highest BCUT2D eigenvalue weighted by molar-refractivity contribution is 6.09. The quantitative estimate of drug-likeness (QED) is 0.570. The fourth-order valence-electron chi connectivity index (χ4n) is 2.79. The van der Waals surface area contributed by atoms with Crippen molar-refractivity contribution in [1.29, 1.82) is 0 Å². The van der Waals surface area contributed by atoms with Crippen LogP contribution in [0.1, 0.15) is 38.1 Å². The second kappa shape index (κ2) is 7.38. The van der Waals surface area contributed by atoms with Gasteiger partial charge in [0.05, 0.1) is 12.6 Å². The van der Waals surface area contributed by atoms with Crippen LogP contribution in [-0.4, -0.2) is 41.1 Å². The molecule has 8 nitrogen and oxygen atoms in total. The van der Waals surface area contributed by atoms with Crippen LogP contribution in [0.3, 0.4) is 0 Å². The molecule has 5 N–H and O–H groups in total. The maximum atomic E-state index is 13.0. The van der Waals surface area contributed by atoms with E-state index in [9.17, 15) is 18.0 Å². The standard InChI is InChI=1S/C17H22F3N7O/c1-9(10-6-7-10)23-15-25-14(26-16(2,27-15)22-8-13(21)28)11-4-3-5-12(24-11)17(18,19)20/h3-5,9-10,22H,6-8H2,1-2H3,(H2,21,28)(H2,23,25,26,27)/t9-,16?/m1/s1. The monoisotopic (exact) mass is 397 g/mol. The molecule has 0 radical (unpaired) electrons. The highest BCUT2D eigenvalue weighted by atomic mass is 19.4. The predicted molar refractivity (Wildman–Crippen MR) is 97.3 cm³/mol. The molecule has 28 heavy (non-hydrogen) atoms. The summed E-state index contributed by atoms with van der Waals surface area (Å²) in [5.74, 6) is -0.877. The van der Waals surface area contributed by atoms with E-state index in [0.717, 1.165) is 18.9 Å². The van der Waals surface area contributed by atoms with E-state index >= 15 is 0 Å². The second-order valence-corrected chi connectivity index (χ2v) is 7.06. The molecule has 1 aromatic heterocycles. The van der Waals surface area contributed by atoms with Crippen molar-refractivity contribution >= 4 is 17.7 Å². The van der Waals surface area contributed by atoms with Gasteiger partial charge in [0.25, 0.3) is 0 Å². The highest BCUT2D eigenvalue weighted by Gasteiger charge is 2.35. The molecular weight excluding hydrogens is 375 g/mol. The number of nitrogens with zero attached hydrogens (tertiary/aromatic N) is 3. The number of hydrogen-bond acceptors (Lipinski definition) is 5. The molecule has 1 fully saturated rings. The van der Waals surface area contributed by atoms with E-state index in [2.05, 4.69) is 30.9 Å². The number of halogens is 3. The van der Waals surface area contributed by atoms with Crippen LogP contribution in [0.4, 0.5) is 13.2 Å². The summed E-state index contributed by atoms with van der Waals surface area (Å²) in [6, 6.07) is 3.60. The van der Waals surface area contributed by atoms with Crippen LogP contribution in [-0.2, 0) is 11.0 Å². The number of alkyl halides is 3. The number of amides is 1. The van der Waals surface area contributed by atoms with E-state index in [4.69, 9.17) is 5.73 Å². The van der Waals surface area contributed by atoms with Crippen molar-refractivity contribution in [3.05, 3.63) is 29.6 Å². The van der Waals surface area contributed by atoms with Crippen molar-refractivity contribution < 1.29 is 18.0 Å². The molecule has 1 unspecified atom stereocenters. The van der Waals surface area contributed by atoms with Gasteiger partial charge in [-0.3, -0.25) is 10.1 Å². The summed E-state index contributed by atoms with van der Waals surface area (Å²) in [6.45, 7) is 3.42. The average molecular weight is 397 g/mol. The van der Waals surface area contributed by atoms with Crippen LogP contribution in [0.5, 0.6) is 0 Å². The summed E-state index contributed by atoms with van der Waals surface area (Å²) in [4.78, 5) is 23.8. The number of nitrogens with two attached hydrogens (primary N) is 1. The molecule has 11 heteroatoms. The SMILES string of the molecule is C[C@@H](N=C1NC(c2cccc(C(F)(F)F)n2)=NC(C)(NCC(N)=O)N1)C1CC1. The van der Waals surface area contributed by atoms with Gasteiger partial charge in [0.1, 0.15) is 11.4 Å². The molecule has 1 aliphatic heterocycles. The van der Waals surface area contributed by atoms with Crippen molar-refractivity contribution in [2.24, 2.45) is 21.6 Å². The lowest BCUT2D eigenvalue weighted by atomic mass is 10.2. The molecule has 0 bridgehead atoms. The van der Waals surface area contributed by atoms with Gasteiger partial charge in [0.15, 0.2) is 17.6 Å². The fraction of sp³-hybridized carbons (Fsp3) is 0.529. The number of primary amides is 1. The minimum absolute atomic E-state index is 0.00944. The van der Waals surface area contributed by atoms with Gasteiger partial charge in [-0.2, -0.15) is 13.2 Å². The van der Waals surface area contributed by atoms with Crippen LogP contribution in [0, 0.1) is 5.92 Å². The summed E-state index contributed by atoms with van der Waals surface area (Å²) in [5, 5.41) is 8.78. The Morgan fingerprint density at radius 2 is 2.18 bits per heavy atom. The number of nitrogens with one attached hydrogen (secondary N) is 3. The number of aliphatic imine (C=N–C) groups is 2. The third kappa shape index (κ3) is 4.97. The molecule has 1 aromatic rings. The van der Waals surface area contributed by atoms with Crippen LogP contribution in [0.25, 0.3) is 0 Å². The zero-order valence-electron chi connectivity index (χ0n) is 15.5. The maximum Gasteiger partial charge on any atom is 0.433 e. The first-order valence-corrected chi connectivity index (χ1v) is 8.86. The Hall–Kier alpha value is -2.69. The molecule has 2 atom stereocenters. The van der Waals surface area contributed by atoms with Crippen molar-refractivity contribution in [3.8, 4) is 0 Å². The lowest BCUT2D eigenvalue weighted by Crippen LogP contribution is -2.64. The lowest BCUT2D eigenvalue weighted by Gasteiger charge is -2.34. The number of amidine groups is 1. The number of aromatic nitrogens is 1. The Balaban J connectivity index is 1.94. The van der Waals surface area contributed by atoms with Crippen molar-refractivity contribution in [3.63, 3.8) is 0 Å². The molecule has 2 heterocycles. The average Bonchev–Trinajstić information content (AvgIpc) is 3.44. The van der Waals surface area contributed by atoms with Crippen molar-refractivity contribution in [2.45, 2.75) is 44.7 Å². The Bertz CT molecular complexity index is 819. The Labute approximate surface area is 159 Å². The molecule has 152 valence electrons. The first kappa shape index (κ1) is 20.1. The van der Waals surface area contributed by atoms with E-state index in [-0.39, 0.29) is 24.1 Å². The predicted octanol–water partition coefficient (Wildman–Crippen LogP) is 0.943. The number of carbonyl (C=O) groups excluding carboxylic acids is 1. The summed E-state index contributed by atoms with van der Waals surface area (Å²) >= 11 is 0. The molecule has 0 spiro atoms. The number of guanidine groups is 1. The second-order valence-electron chi connectivity index (χ2n) is 7.06. The number of hydrogen-bond donors (Lipinski definition) is 4. The van der Waals surface area contributed by atoms with Gasteiger partial charge in [-0.1, -0.05) is 6.07 Å². The smallest absolute Gasteiger partial charge is 0.369 e. The van der Waals surface area contributed by atoms with E-state index in [1.165, 1.54) is 12.1 Å². The van der Waals surface area contributed by atoms with Crippen LogP contribution < -0.4 is 21.7 Å². The molecule has 0 saturated heterocycles. The van der Waals surface area contributed by atoms with Crippen molar-refractivity contribution in [1.82, 2.24) is 20.9 Å². The van der Waals surface area contributed by atoms with Gasteiger partial charge < -0.3 is 16.4 Å². The number of rotatable bonds is 6. The zero-order valence-corrected chi connectivity index (χ0v) is 15.5. The van der Waals surface area contributed by atoms with Gasteiger partial charge in [0, 0.05) is 0 Å². The first-order chi connectivity index (χ1) is 13.1. The van der Waals surface area contributed by atoms with E-state index in [1.54, 1.807) is 6.92 Å². The molecule has 2 aliphatic rings. The van der Waals surface area contributed by atoms with Gasteiger partial charge in [0.2, 0.25) is 5.91 Å². The molecule has 1 saturated carbocycles. The molecule has 3 rings (SSSR count). The van der Waals surface area contributed by atoms with Crippen LogP contribution in [0.2, 0.25) is 0 Å². The Morgan fingerprint density at radius 3 is 2.79 bits per heavy atom. The fourth-order valence-corrected chi connectivity index (χ4v) is 2.79. The molecule has 1 amide bonds. The van der Waals surface area contributed by atoms with E-state index in [1.807, 2.05) is 6.92 Å². The van der Waals surface area contributed by atoms with Crippen LogP contribution in [0.15, 0.2) is 28.2 Å². The Kier molecular flexibility index (Phi) is 5.28. The first-order valence-electron chi connectivity index (χ1n) is 8.86. The van der Waals surface area contributed by atoms with Gasteiger partial charge in [-0.25, -0.2) is 15.0 Å². The van der Waals surface area contributed by atoms with Gasteiger partial charge in [-0.05, 0) is 44.7 Å². The minimum atomic E-state index is -4.57. The normalized spacial score (nSPS) is 24.9. The van der Waals surface area contributed by atoms with Gasteiger partial charge in [-0.15, -0.1) is 0 Å². The Morgan fingerprint density at radius 1 is 1.46 bits per heavy atom. The summed E-state index contributed by atoms with van der Waals surface area (Å²) in [6.07, 6.45) is -2.40. The maximum absolute atomic E-state index is 13.0. The zero-order chi connectivity index (χ0) is 20.5. The molecule has 0 aromatic carbocycles. The topological polar surface area (TPSA) is 117 Å². The summed E-state index contributed by atoms with van der Waals surface area (Å²) in [7, 11) is 0. The third-order valence-corrected chi connectivity index (χ3v) is 4.46. The highest BCUT2D eigenvalue weighted by Crippen LogP contribution is 2.34. The van der Waals surface area contributed by atoms with E-state index in [0.29, 0.717) is 11.9 Å².